The number of anilines is 1. The summed E-state index contributed by atoms with van der Waals surface area (Å²) in [6, 6.07) is 15.1. The molecule has 0 radical (unpaired) electrons. The molecule has 0 aliphatic heterocycles. The van der Waals surface area contributed by atoms with Gasteiger partial charge in [-0.25, -0.2) is 13.1 Å². The normalized spacial score (nSPS) is 11.5. The zero-order valence-corrected chi connectivity index (χ0v) is 16.8. The summed E-state index contributed by atoms with van der Waals surface area (Å²) in [6.07, 6.45) is 3.39. The maximum absolute atomic E-state index is 12.6. The lowest BCUT2D eigenvalue weighted by atomic mass is 10.2. The summed E-state index contributed by atoms with van der Waals surface area (Å²) in [4.78, 5) is 12.6. The van der Waals surface area contributed by atoms with E-state index in [1.807, 2.05) is 6.07 Å². The van der Waals surface area contributed by atoms with E-state index in [9.17, 15) is 13.2 Å². The summed E-state index contributed by atoms with van der Waals surface area (Å²) < 4.78 is 28.5. The molecule has 0 saturated carbocycles. The molecule has 3 rings (SSSR count). The van der Waals surface area contributed by atoms with Gasteiger partial charge in [0, 0.05) is 23.9 Å². The van der Waals surface area contributed by atoms with Crippen molar-refractivity contribution in [3.63, 3.8) is 0 Å². The first-order valence-electron chi connectivity index (χ1n) is 7.99. The Morgan fingerprint density at radius 3 is 2.59 bits per heavy atom. The van der Waals surface area contributed by atoms with Crippen molar-refractivity contribution in [1.82, 2.24) is 14.1 Å². The fourth-order valence-electron chi connectivity index (χ4n) is 2.47. The number of hydrogen-bond acceptors (Lipinski definition) is 4. The lowest BCUT2D eigenvalue weighted by molar-refractivity contribution is -0.116. The molecule has 1 amide bonds. The number of nitrogens with one attached hydrogen (secondary N) is 1. The number of carbonyl (C=O) groups is 1. The predicted octanol–water partition coefficient (Wildman–Crippen LogP) is 2.89. The summed E-state index contributed by atoms with van der Waals surface area (Å²) in [5.74, 6) is -0.455. The molecule has 0 saturated heterocycles. The molecule has 27 heavy (non-hydrogen) atoms. The Morgan fingerprint density at radius 2 is 1.93 bits per heavy atom. The summed E-state index contributed by atoms with van der Waals surface area (Å²) >= 11 is 3.38. The van der Waals surface area contributed by atoms with Crippen molar-refractivity contribution < 1.29 is 13.2 Å². The molecule has 0 spiro atoms. The molecular formula is C18H17BrN4O3S. The van der Waals surface area contributed by atoms with Crippen LogP contribution in [-0.2, 0) is 14.8 Å². The second-order valence-corrected chi connectivity index (χ2v) is 8.69. The zero-order chi connectivity index (χ0) is 19.4. The molecule has 3 aromatic rings. The SMILES string of the molecule is CN(CC(=O)Nc1cc(Br)ccc1-n1cccn1)S(=O)(=O)c1ccccc1. The van der Waals surface area contributed by atoms with Crippen molar-refractivity contribution >= 4 is 37.5 Å². The minimum atomic E-state index is -3.74. The third kappa shape index (κ3) is 4.44. The molecule has 1 heterocycles. The maximum Gasteiger partial charge on any atom is 0.243 e. The van der Waals surface area contributed by atoms with E-state index in [4.69, 9.17) is 0 Å². The van der Waals surface area contributed by atoms with Crippen LogP contribution in [0.15, 0.2) is 76.4 Å². The molecule has 140 valence electrons. The Kier molecular flexibility index (Phi) is 5.73. The number of nitrogens with zero attached hydrogens (tertiary/aromatic N) is 3. The largest absolute Gasteiger partial charge is 0.323 e. The van der Waals surface area contributed by atoms with Gasteiger partial charge in [0.1, 0.15) is 0 Å². The van der Waals surface area contributed by atoms with Gasteiger partial charge in [-0.05, 0) is 36.4 Å². The highest BCUT2D eigenvalue weighted by molar-refractivity contribution is 9.10. The van der Waals surface area contributed by atoms with E-state index in [1.54, 1.807) is 53.5 Å². The molecule has 1 aromatic heterocycles. The predicted molar refractivity (Wildman–Crippen MR) is 106 cm³/mol. The van der Waals surface area contributed by atoms with E-state index in [1.165, 1.54) is 19.2 Å². The highest BCUT2D eigenvalue weighted by atomic mass is 79.9. The standard InChI is InChI=1S/C18H17BrN4O3S/c1-22(27(25,26)15-6-3-2-4-7-15)13-18(24)21-16-12-14(19)8-9-17(16)23-11-5-10-20-23/h2-12H,13H2,1H3,(H,21,24). The van der Waals surface area contributed by atoms with Crippen molar-refractivity contribution in [2.75, 3.05) is 18.9 Å². The van der Waals surface area contributed by atoms with Crippen molar-refractivity contribution in [3.8, 4) is 5.69 Å². The molecule has 0 unspecified atom stereocenters. The highest BCUT2D eigenvalue weighted by Crippen LogP contribution is 2.24. The molecule has 0 bridgehead atoms. The van der Waals surface area contributed by atoms with Crippen LogP contribution in [0.5, 0.6) is 0 Å². The van der Waals surface area contributed by atoms with Crippen LogP contribution >= 0.6 is 15.9 Å². The number of halogens is 1. The van der Waals surface area contributed by atoms with Crippen LogP contribution < -0.4 is 5.32 Å². The second-order valence-electron chi connectivity index (χ2n) is 5.73. The van der Waals surface area contributed by atoms with Gasteiger partial charge >= 0.3 is 0 Å². The molecule has 0 aliphatic rings. The quantitative estimate of drug-likeness (QED) is 0.628. The topological polar surface area (TPSA) is 84.3 Å². The first kappa shape index (κ1) is 19.3. The Morgan fingerprint density at radius 1 is 1.19 bits per heavy atom. The average molecular weight is 449 g/mol. The second kappa shape index (κ2) is 8.03. The molecule has 0 atom stereocenters. The molecule has 0 fully saturated rings. The Bertz CT molecular complexity index is 1040. The van der Waals surface area contributed by atoms with E-state index in [-0.39, 0.29) is 11.4 Å². The van der Waals surface area contributed by atoms with E-state index in [0.29, 0.717) is 11.4 Å². The monoisotopic (exact) mass is 448 g/mol. The van der Waals surface area contributed by atoms with Gasteiger partial charge in [0.15, 0.2) is 0 Å². The number of likely N-dealkylation sites (N-methyl/N-ethyl adjacent to an activating group) is 1. The van der Waals surface area contributed by atoms with Crippen molar-refractivity contribution in [2.45, 2.75) is 4.90 Å². The third-order valence-corrected chi connectivity index (χ3v) is 6.11. The van der Waals surface area contributed by atoms with Crippen molar-refractivity contribution in [3.05, 3.63) is 71.5 Å². The van der Waals surface area contributed by atoms with Crippen molar-refractivity contribution in [2.24, 2.45) is 0 Å². The smallest absolute Gasteiger partial charge is 0.243 e. The summed E-state index contributed by atoms with van der Waals surface area (Å²) in [6.45, 7) is -0.317. The number of amides is 1. The first-order chi connectivity index (χ1) is 12.9. The van der Waals surface area contributed by atoms with Crippen LogP contribution in [0.2, 0.25) is 0 Å². The molecule has 9 heteroatoms. The minimum absolute atomic E-state index is 0.139. The minimum Gasteiger partial charge on any atom is -0.323 e. The van der Waals surface area contributed by atoms with Crippen LogP contribution in [0.4, 0.5) is 5.69 Å². The van der Waals surface area contributed by atoms with Gasteiger partial charge in [-0.1, -0.05) is 34.1 Å². The lowest BCUT2D eigenvalue weighted by Crippen LogP contribution is -2.35. The van der Waals surface area contributed by atoms with E-state index < -0.39 is 15.9 Å². The molecule has 2 aromatic carbocycles. The van der Waals surface area contributed by atoms with Gasteiger partial charge in [0.25, 0.3) is 0 Å². The Hall–Kier alpha value is -2.49. The molecule has 1 N–H and O–H groups in total. The fourth-order valence-corrected chi connectivity index (χ4v) is 3.98. The lowest BCUT2D eigenvalue weighted by Gasteiger charge is -2.18. The number of rotatable bonds is 6. The summed E-state index contributed by atoms with van der Waals surface area (Å²) in [5.41, 5.74) is 1.19. The van der Waals surface area contributed by atoms with Crippen LogP contribution in [0.3, 0.4) is 0 Å². The van der Waals surface area contributed by atoms with Gasteiger partial charge in [-0.2, -0.15) is 9.40 Å². The molecule has 7 nitrogen and oxygen atoms in total. The molecular weight excluding hydrogens is 432 g/mol. The van der Waals surface area contributed by atoms with Gasteiger partial charge in [0.05, 0.1) is 22.8 Å². The van der Waals surface area contributed by atoms with E-state index >= 15 is 0 Å². The Balaban J connectivity index is 1.78. The maximum atomic E-state index is 12.6. The Labute approximate surface area is 165 Å². The number of benzene rings is 2. The number of carbonyl (C=O) groups excluding carboxylic acids is 1. The van der Waals surface area contributed by atoms with Gasteiger partial charge in [-0.15, -0.1) is 0 Å². The van der Waals surface area contributed by atoms with Crippen LogP contribution in [-0.4, -0.2) is 42.0 Å². The van der Waals surface area contributed by atoms with E-state index in [2.05, 4.69) is 26.3 Å². The number of sulfonamides is 1. The average Bonchev–Trinajstić information content (AvgIpc) is 3.17. The van der Waals surface area contributed by atoms with Gasteiger partial charge in [0.2, 0.25) is 15.9 Å². The van der Waals surface area contributed by atoms with Crippen molar-refractivity contribution in [1.29, 1.82) is 0 Å². The van der Waals surface area contributed by atoms with Gasteiger partial charge < -0.3 is 5.32 Å². The van der Waals surface area contributed by atoms with Gasteiger partial charge in [-0.3, -0.25) is 4.79 Å². The first-order valence-corrected chi connectivity index (χ1v) is 10.2. The fraction of sp³-hybridized carbons (Fsp3) is 0.111. The van der Waals surface area contributed by atoms with Crippen LogP contribution in [0.25, 0.3) is 5.69 Å². The molecule has 0 aliphatic carbocycles. The zero-order valence-electron chi connectivity index (χ0n) is 14.4. The number of aromatic nitrogens is 2. The van der Waals surface area contributed by atoms with E-state index in [0.717, 1.165) is 8.78 Å². The summed E-state index contributed by atoms with van der Waals surface area (Å²) in [7, 11) is -2.37. The highest BCUT2D eigenvalue weighted by Gasteiger charge is 2.23. The summed E-state index contributed by atoms with van der Waals surface area (Å²) in [5, 5.41) is 6.93. The van der Waals surface area contributed by atoms with Crippen LogP contribution in [0, 0.1) is 0 Å². The number of hydrogen-bond donors (Lipinski definition) is 1. The van der Waals surface area contributed by atoms with Crippen LogP contribution in [0.1, 0.15) is 0 Å². The third-order valence-electron chi connectivity index (χ3n) is 3.80.